The summed E-state index contributed by atoms with van der Waals surface area (Å²) in [7, 11) is -6.43. The Morgan fingerprint density at radius 2 is 0.667 bits per heavy atom. The normalized spacial score (nSPS) is 12.8. The molecule has 0 atom stereocenters. The summed E-state index contributed by atoms with van der Waals surface area (Å²) < 4.78 is 38.2. The second-order valence-corrected chi connectivity index (χ2v) is 15.8. The zero-order valence-corrected chi connectivity index (χ0v) is 31.2. The molecule has 0 amide bonds. The summed E-state index contributed by atoms with van der Waals surface area (Å²) >= 11 is 0. The van der Waals surface area contributed by atoms with Crippen molar-refractivity contribution in [2.24, 2.45) is 0 Å². The van der Waals surface area contributed by atoms with Gasteiger partial charge in [0.05, 0.1) is 0 Å². The van der Waals surface area contributed by atoms with Crippen molar-refractivity contribution in [2.75, 3.05) is 39.6 Å². The molecule has 0 spiro atoms. The monoisotopic (exact) mass is 682 g/mol. The average molecular weight is 683 g/mol. The highest BCUT2D eigenvalue weighted by molar-refractivity contribution is 6.83. The Bertz CT molecular complexity index is 1420. The Kier molecular flexibility index (Phi) is 14.7. The van der Waals surface area contributed by atoms with Crippen LogP contribution in [-0.2, 0) is 26.6 Å². The van der Waals surface area contributed by atoms with Crippen molar-refractivity contribution in [3.8, 4) is 11.1 Å². The molecule has 0 saturated carbocycles. The molecule has 0 N–H and O–H groups in total. The van der Waals surface area contributed by atoms with Crippen LogP contribution in [0.15, 0.2) is 109 Å². The number of benzene rings is 4. The van der Waals surface area contributed by atoms with Gasteiger partial charge in [0.1, 0.15) is 0 Å². The van der Waals surface area contributed by atoms with Gasteiger partial charge in [-0.05, 0) is 87.1 Å². The predicted octanol–water partition coefficient (Wildman–Crippen LogP) is 9.61. The SMILES string of the molecule is CCO[Si](OCC)(OCC)C(=Cc1ccccc1)c1ccc(-c2ccc(C(=Cc3ccccc3)[Si](OCC)(OCC)OCC)cc2)cc1. The Hall–Kier alpha value is -3.45. The number of hydrogen-bond donors (Lipinski definition) is 0. The molecular weight excluding hydrogens is 633 g/mol. The summed E-state index contributed by atoms with van der Waals surface area (Å²) in [6, 6.07) is 37.6. The van der Waals surface area contributed by atoms with Crippen molar-refractivity contribution >= 4 is 40.2 Å². The second-order valence-electron chi connectivity index (χ2n) is 10.8. The summed E-state index contributed by atoms with van der Waals surface area (Å²) in [5.41, 5.74) is 6.34. The van der Waals surface area contributed by atoms with Gasteiger partial charge >= 0.3 is 17.6 Å². The lowest BCUT2D eigenvalue weighted by Gasteiger charge is -2.31. The zero-order valence-electron chi connectivity index (χ0n) is 29.2. The first kappa shape index (κ1) is 37.4. The fourth-order valence-electron chi connectivity index (χ4n) is 5.67. The molecule has 4 rings (SSSR count). The molecule has 0 radical (unpaired) electrons. The molecule has 0 saturated heterocycles. The minimum atomic E-state index is -3.21. The second kappa shape index (κ2) is 18.9. The van der Waals surface area contributed by atoms with Gasteiger partial charge in [-0.25, -0.2) is 0 Å². The molecule has 0 heterocycles. The summed E-state index contributed by atoms with van der Waals surface area (Å²) in [6.07, 6.45) is 4.28. The third kappa shape index (κ3) is 9.37. The van der Waals surface area contributed by atoms with E-state index in [2.05, 4.69) is 84.9 Å². The van der Waals surface area contributed by atoms with Crippen LogP contribution < -0.4 is 0 Å². The van der Waals surface area contributed by atoms with Crippen LogP contribution >= 0.6 is 0 Å². The molecule has 0 fully saturated rings. The molecule has 0 aliphatic heterocycles. The predicted molar refractivity (Wildman–Crippen MR) is 202 cm³/mol. The maximum atomic E-state index is 6.37. The zero-order chi connectivity index (χ0) is 34.2. The molecule has 48 heavy (non-hydrogen) atoms. The summed E-state index contributed by atoms with van der Waals surface area (Å²) in [5.74, 6) is 0. The molecule has 0 aliphatic carbocycles. The summed E-state index contributed by atoms with van der Waals surface area (Å²) in [4.78, 5) is 0. The van der Waals surface area contributed by atoms with E-state index < -0.39 is 17.6 Å². The van der Waals surface area contributed by atoms with Gasteiger partial charge in [-0.2, -0.15) is 0 Å². The van der Waals surface area contributed by atoms with E-state index in [-0.39, 0.29) is 0 Å². The maximum Gasteiger partial charge on any atom is 0.537 e. The maximum absolute atomic E-state index is 6.37. The van der Waals surface area contributed by atoms with Crippen LogP contribution in [0.1, 0.15) is 63.8 Å². The third-order valence-electron chi connectivity index (χ3n) is 7.61. The Morgan fingerprint density at radius 3 is 0.917 bits per heavy atom. The molecule has 8 heteroatoms. The Balaban J connectivity index is 1.75. The van der Waals surface area contributed by atoms with Gasteiger partial charge in [-0.3, -0.25) is 0 Å². The fraction of sp³-hybridized carbons (Fsp3) is 0.300. The Labute approximate surface area is 289 Å². The Morgan fingerprint density at radius 1 is 0.396 bits per heavy atom. The van der Waals surface area contributed by atoms with Crippen molar-refractivity contribution in [3.05, 3.63) is 131 Å². The van der Waals surface area contributed by atoms with Crippen molar-refractivity contribution in [1.29, 1.82) is 0 Å². The molecule has 0 unspecified atom stereocenters. The van der Waals surface area contributed by atoms with Gasteiger partial charge in [0.15, 0.2) is 0 Å². The first-order valence-electron chi connectivity index (χ1n) is 17.1. The van der Waals surface area contributed by atoms with Crippen LogP contribution in [0.3, 0.4) is 0 Å². The molecule has 0 aliphatic rings. The van der Waals surface area contributed by atoms with E-state index in [0.29, 0.717) is 39.6 Å². The van der Waals surface area contributed by atoms with Crippen LogP contribution in [0.25, 0.3) is 33.7 Å². The highest BCUT2D eigenvalue weighted by Crippen LogP contribution is 2.35. The largest absolute Gasteiger partial charge is 0.537 e. The van der Waals surface area contributed by atoms with Crippen LogP contribution in [0.4, 0.5) is 0 Å². The van der Waals surface area contributed by atoms with E-state index in [4.69, 9.17) is 26.6 Å². The van der Waals surface area contributed by atoms with Gasteiger partial charge in [-0.15, -0.1) is 0 Å². The molecule has 6 nitrogen and oxygen atoms in total. The summed E-state index contributed by atoms with van der Waals surface area (Å²) in [6.45, 7) is 14.8. The van der Waals surface area contributed by atoms with Crippen LogP contribution in [-0.4, -0.2) is 57.3 Å². The number of hydrogen-bond acceptors (Lipinski definition) is 6. The van der Waals surface area contributed by atoms with Crippen LogP contribution in [0.5, 0.6) is 0 Å². The lowest BCUT2D eigenvalue weighted by Crippen LogP contribution is -2.47. The molecule has 4 aromatic carbocycles. The molecule has 4 aromatic rings. The third-order valence-corrected chi connectivity index (χ3v) is 13.8. The minimum absolute atomic E-state index is 0.490. The lowest BCUT2D eigenvalue weighted by molar-refractivity contribution is 0.0865. The van der Waals surface area contributed by atoms with E-state index in [0.717, 1.165) is 43.8 Å². The van der Waals surface area contributed by atoms with E-state index in [1.165, 1.54) is 0 Å². The van der Waals surface area contributed by atoms with Gasteiger partial charge in [0, 0.05) is 50.0 Å². The molecule has 254 valence electrons. The van der Waals surface area contributed by atoms with E-state index in [9.17, 15) is 0 Å². The topological polar surface area (TPSA) is 55.4 Å². The molecular formula is C40H50O6Si2. The minimum Gasteiger partial charge on any atom is -0.370 e. The van der Waals surface area contributed by atoms with Crippen LogP contribution in [0.2, 0.25) is 0 Å². The standard InChI is InChI=1S/C40H50O6Si2/c1-7-41-47(42-8-2,43-9-3)39(31-33-19-15-13-16-20-33)37-27-23-35(24-28-37)36-25-29-38(30-26-36)40(32-34-21-17-14-18-22-34)48(44-10-4,45-11-5)46-12-6/h13-32H,7-12H2,1-6H3. The van der Waals surface area contributed by atoms with Gasteiger partial charge in [0.25, 0.3) is 0 Å². The van der Waals surface area contributed by atoms with Gasteiger partial charge < -0.3 is 26.6 Å². The van der Waals surface area contributed by atoms with E-state index in [1.807, 2.05) is 77.9 Å². The van der Waals surface area contributed by atoms with Crippen LogP contribution in [0, 0.1) is 0 Å². The highest BCUT2D eigenvalue weighted by atomic mass is 28.4. The molecule has 0 aromatic heterocycles. The fourth-order valence-corrected chi connectivity index (χ4v) is 11.1. The van der Waals surface area contributed by atoms with Gasteiger partial charge in [-0.1, -0.05) is 109 Å². The smallest absolute Gasteiger partial charge is 0.370 e. The van der Waals surface area contributed by atoms with Crippen molar-refractivity contribution in [3.63, 3.8) is 0 Å². The van der Waals surface area contributed by atoms with E-state index >= 15 is 0 Å². The van der Waals surface area contributed by atoms with Gasteiger partial charge in [0.2, 0.25) is 0 Å². The quantitative estimate of drug-likeness (QED) is 0.0725. The summed E-state index contributed by atoms with van der Waals surface area (Å²) in [5, 5.41) is 1.89. The number of rotatable bonds is 19. The molecule has 0 bridgehead atoms. The van der Waals surface area contributed by atoms with E-state index in [1.54, 1.807) is 0 Å². The average Bonchev–Trinajstić information content (AvgIpc) is 3.11. The lowest BCUT2D eigenvalue weighted by atomic mass is 10.0. The van der Waals surface area contributed by atoms with Crippen molar-refractivity contribution in [1.82, 2.24) is 0 Å². The van der Waals surface area contributed by atoms with Crippen molar-refractivity contribution < 1.29 is 26.6 Å². The highest BCUT2D eigenvalue weighted by Gasteiger charge is 2.47. The first-order chi connectivity index (χ1) is 23.5. The first-order valence-corrected chi connectivity index (χ1v) is 20.5. The van der Waals surface area contributed by atoms with Crippen molar-refractivity contribution in [2.45, 2.75) is 41.5 Å².